The van der Waals surface area contributed by atoms with Gasteiger partial charge >= 0.3 is 5.97 Å². The Hall–Kier alpha value is -1.51. The molecule has 1 heterocycles. The standard InChI is InChI=1S/C6H10N4O4S/c1-4(15(2,13)14)6-7-8-9-10(6)3-5(11)12/h4H,3H2,1-2H3,(H,11,12). The number of nitrogens with zero attached hydrogens (tertiary/aromatic N) is 4. The summed E-state index contributed by atoms with van der Waals surface area (Å²) in [6, 6.07) is 0. The van der Waals surface area contributed by atoms with Gasteiger partial charge in [0, 0.05) is 6.26 Å². The summed E-state index contributed by atoms with van der Waals surface area (Å²) in [5.41, 5.74) is 0. The number of carbonyl (C=O) groups is 1. The largest absolute Gasteiger partial charge is 0.480 e. The Bertz CT molecular complexity index is 465. The van der Waals surface area contributed by atoms with E-state index in [1.54, 1.807) is 0 Å². The highest BCUT2D eigenvalue weighted by atomic mass is 32.2. The second-order valence-electron chi connectivity index (χ2n) is 3.06. The molecule has 1 aromatic rings. The van der Waals surface area contributed by atoms with E-state index in [9.17, 15) is 13.2 Å². The maximum absolute atomic E-state index is 11.2. The summed E-state index contributed by atoms with van der Waals surface area (Å²) in [4.78, 5) is 10.4. The van der Waals surface area contributed by atoms with E-state index in [1.807, 2.05) is 0 Å². The molecular formula is C6H10N4O4S. The Kier molecular flexibility index (Phi) is 3.03. The number of hydrogen-bond acceptors (Lipinski definition) is 6. The van der Waals surface area contributed by atoms with Crippen LogP contribution in [0.15, 0.2) is 0 Å². The minimum atomic E-state index is -3.34. The molecule has 0 spiro atoms. The van der Waals surface area contributed by atoms with Gasteiger partial charge in [0.05, 0.1) is 0 Å². The molecule has 1 rings (SSSR count). The maximum atomic E-state index is 11.2. The Balaban J connectivity index is 3.05. The van der Waals surface area contributed by atoms with Crippen LogP contribution >= 0.6 is 0 Å². The Morgan fingerprint density at radius 2 is 2.20 bits per heavy atom. The van der Waals surface area contributed by atoms with E-state index in [0.717, 1.165) is 10.9 Å². The predicted molar refractivity (Wildman–Crippen MR) is 48.7 cm³/mol. The minimum absolute atomic E-state index is 0.0277. The molecule has 0 saturated carbocycles. The molecule has 0 aliphatic heterocycles. The lowest BCUT2D eigenvalue weighted by Crippen LogP contribution is -2.18. The van der Waals surface area contributed by atoms with Crippen LogP contribution in [-0.4, -0.2) is 46.0 Å². The molecule has 9 heteroatoms. The Morgan fingerprint density at radius 3 is 2.67 bits per heavy atom. The normalized spacial score (nSPS) is 13.7. The molecule has 0 saturated heterocycles. The van der Waals surface area contributed by atoms with Gasteiger partial charge < -0.3 is 5.11 Å². The molecule has 1 atom stereocenters. The van der Waals surface area contributed by atoms with Gasteiger partial charge in [0.1, 0.15) is 11.8 Å². The van der Waals surface area contributed by atoms with E-state index >= 15 is 0 Å². The first-order chi connectivity index (χ1) is 6.82. The number of carboxylic acid groups (broad SMARTS) is 1. The Morgan fingerprint density at radius 1 is 1.60 bits per heavy atom. The molecule has 0 aromatic carbocycles. The van der Waals surface area contributed by atoms with E-state index in [4.69, 9.17) is 5.11 Å². The lowest BCUT2D eigenvalue weighted by atomic mass is 10.4. The maximum Gasteiger partial charge on any atom is 0.325 e. The second-order valence-corrected chi connectivity index (χ2v) is 5.43. The monoisotopic (exact) mass is 234 g/mol. The van der Waals surface area contributed by atoms with Gasteiger partial charge in [-0.2, -0.15) is 0 Å². The summed E-state index contributed by atoms with van der Waals surface area (Å²) in [5.74, 6) is -1.11. The van der Waals surface area contributed by atoms with Crippen LogP contribution < -0.4 is 0 Å². The van der Waals surface area contributed by atoms with Crippen molar-refractivity contribution in [2.75, 3.05) is 6.26 Å². The van der Waals surface area contributed by atoms with Crippen molar-refractivity contribution in [1.82, 2.24) is 20.2 Å². The molecule has 0 aliphatic carbocycles. The van der Waals surface area contributed by atoms with Crippen LogP contribution in [0.25, 0.3) is 0 Å². The van der Waals surface area contributed by atoms with Crippen LogP contribution in [0.3, 0.4) is 0 Å². The summed E-state index contributed by atoms with van der Waals surface area (Å²) in [7, 11) is -3.34. The quantitative estimate of drug-likeness (QED) is 0.700. The van der Waals surface area contributed by atoms with Crippen molar-refractivity contribution < 1.29 is 18.3 Å². The number of tetrazole rings is 1. The fourth-order valence-corrected chi connectivity index (χ4v) is 1.49. The van der Waals surface area contributed by atoms with Crippen molar-refractivity contribution in [3.63, 3.8) is 0 Å². The number of rotatable bonds is 4. The summed E-state index contributed by atoms with van der Waals surface area (Å²) >= 11 is 0. The highest BCUT2D eigenvalue weighted by molar-refractivity contribution is 7.90. The lowest BCUT2D eigenvalue weighted by molar-refractivity contribution is -0.138. The van der Waals surface area contributed by atoms with Crippen molar-refractivity contribution >= 4 is 15.8 Å². The Labute approximate surface area is 85.8 Å². The number of carboxylic acids is 1. The SMILES string of the molecule is CC(c1nnnn1CC(=O)O)S(C)(=O)=O. The number of aliphatic carboxylic acids is 1. The number of aromatic nitrogens is 4. The fourth-order valence-electron chi connectivity index (χ4n) is 0.935. The van der Waals surface area contributed by atoms with E-state index in [0.29, 0.717) is 0 Å². The molecule has 0 amide bonds. The first kappa shape index (κ1) is 11.6. The van der Waals surface area contributed by atoms with Crippen LogP contribution in [0.1, 0.15) is 18.0 Å². The lowest BCUT2D eigenvalue weighted by Gasteiger charge is -2.07. The molecule has 0 radical (unpaired) electrons. The molecule has 0 fully saturated rings. The van der Waals surface area contributed by atoms with E-state index in [-0.39, 0.29) is 5.82 Å². The summed E-state index contributed by atoms with van der Waals surface area (Å²) in [6.07, 6.45) is 1.04. The highest BCUT2D eigenvalue weighted by Gasteiger charge is 2.24. The molecule has 8 nitrogen and oxygen atoms in total. The van der Waals surface area contributed by atoms with Crippen molar-refractivity contribution in [2.45, 2.75) is 18.7 Å². The highest BCUT2D eigenvalue weighted by Crippen LogP contribution is 2.17. The first-order valence-electron chi connectivity index (χ1n) is 3.99. The van der Waals surface area contributed by atoms with Gasteiger partial charge in [-0.05, 0) is 17.4 Å². The van der Waals surface area contributed by atoms with Crippen molar-refractivity contribution in [1.29, 1.82) is 0 Å². The molecule has 1 unspecified atom stereocenters. The average molecular weight is 234 g/mol. The number of sulfone groups is 1. The third kappa shape index (κ3) is 2.72. The van der Waals surface area contributed by atoms with Gasteiger partial charge in [0.2, 0.25) is 0 Å². The number of hydrogen-bond donors (Lipinski definition) is 1. The third-order valence-electron chi connectivity index (χ3n) is 1.85. The van der Waals surface area contributed by atoms with Crippen LogP contribution in [0, 0.1) is 0 Å². The minimum Gasteiger partial charge on any atom is -0.480 e. The zero-order chi connectivity index (χ0) is 11.6. The van der Waals surface area contributed by atoms with Crippen LogP contribution in [0.4, 0.5) is 0 Å². The van der Waals surface area contributed by atoms with Crippen molar-refractivity contribution in [3.05, 3.63) is 5.82 Å². The smallest absolute Gasteiger partial charge is 0.325 e. The van der Waals surface area contributed by atoms with Gasteiger partial charge in [-0.3, -0.25) is 4.79 Å². The molecule has 15 heavy (non-hydrogen) atoms. The van der Waals surface area contributed by atoms with Crippen molar-refractivity contribution in [2.24, 2.45) is 0 Å². The van der Waals surface area contributed by atoms with E-state index < -0.39 is 27.6 Å². The van der Waals surface area contributed by atoms with Crippen LogP contribution in [-0.2, 0) is 21.2 Å². The molecular weight excluding hydrogens is 224 g/mol. The molecule has 0 bridgehead atoms. The average Bonchev–Trinajstić information content (AvgIpc) is 2.48. The summed E-state index contributed by atoms with van der Waals surface area (Å²) < 4.78 is 23.4. The van der Waals surface area contributed by atoms with E-state index in [2.05, 4.69) is 15.5 Å². The van der Waals surface area contributed by atoms with Gasteiger partial charge in [-0.25, -0.2) is 13.1 Å². The molecule has 0 aliphatic rings. The van der Waals surface area contributed by atoms with Crippen molar-refractivity contribution in [3.8, 4) is 0 Å². The summed E-state index contributed by atoms with van der Waals surface area (Å²) in [5, 5.41) is 17.7. The zero-order valence-electron chi connectivity index (χ0n) is 8.15. The first-order valence-corrected chi connectivity index (χ1v) is 5.94. The third-order valence-corrected chi connectivity index (χ3v) is 3.35. The summed E-state index contributed by atoms with van der Waals surface area (Å²) in [6.45, 7) is 0.946. The molecule has 1 N–H and O–H groups in total. The molecule has 1 aromatic heterocycles. The predicted octanol–water partition coefficient (Wildman–Crippen LogP) is -1.14. The van der Waals surface area contributed by atoms with E-state index in [1.165, 1.54) is 6.92 Å². The van der Waals surface area contributed by atoms with Gasteiger partial charge in [-0.15, -0.1) is 5.10 Å². The van der Waals surface area contributed by atoms with Gasteiger partial charge in [0.25, 0.3) is 0 Å². The van der Waals surface area contributed by atoms with Crippen LogP contribution in [0.5, 0.6) is 0 Å². The van der Waals surface area contributed by atoms with Gasteiger partial charge in [0.15, 0.2) is 15.7 Å². The fraction of sp³-hybridized carbons (Fsp3) is 0.667. The van der Waals surface area contributed by atoms with Crippen LogP contribution in [0.2, 0.25) is 0 Å². The zero-order valence-corrected chi connectivity index (χ0v) is 8.97. The van der Waals surface area contributed by atoms with Gasteiger partial charge in [-0.1, -0.05) is 0 Å². The molecule has 84 valence electrons. The topological polar surface area (TPSA) is 115 Å². The second kappa shape index (κ2) is 3.93.